The van der Waals surface area contributed by atoms with E-state index in [9.17, 15) is 19.2 Å². The maximum Gasteiger partial charge on any atom is 0.407 e. The van der Waals surface area contributed by atoms with Gasteiger partial charge in [0.1, 0.15) is 28.7 Å². The number of benzene rings is 3. The van der Waals surface area contributed by atoms with Crippen molar-refractivity contribution in [3.8, 4) is 11.1 Å². The monoisotopic (exact) mass is 723 g/mol. The SMILES string of the molecule is Cc1cc2[nH]c(C3CC3)nc2cc1-c1ccc(C[C@@H](C(N)=O)N(C(=O)C2CCC(CNC(=O)OC(C)(C)C)CC2)c2cc(F)c3c(=O)[nH][nH]c3c2)cc1. The van der Waals surface area contributed by atoms with E-state index in [1.807, 2.05) is 24.3 Å². The number of carbonyl (C=O) groups excluding carboxylic acids is 3. The zero-order valence-corrected chi connectivity index (χ0v) is 30.5. The van der Waals surface area contributed by atoms with Crippen molar-refractivity contribution < 1.29 is 23.5 Å². The Labute approximate surface area is 306 Å². The van der Waals surface area contributed by atoms with Crippen LogP contribution in [0.4, 0.5) is 14.9 Å². The summed E-state index contributed by atoms with van der Waals surface area (Å²) in [5.74, 6) is -0.698. The van der Waals surface area contributed by atoms with E-state index >= 15 is 4.39 Å². The number of primary amides is 1. The summed E-state index contributed by atoms with van der Waals surface area (Å²) in [6, 6.07) is 13.4. The van der Waals surface area contributed by atoms with Crippen molar-refractivity contribution in [2.24, 2.45) is 17.6 Å². The summed E-state index contributed by atoms with van der Waals surface area (Å²) in [5, 5.41) is 7.71. The molecule has 2 saturated carbocycles. The summed E-state index contributed by atoms with van der Waals surface area (Å²) in [6.45, 7) is 7.88. The van der Waals surface area contributed by atoms with Crippen molar-refractivity contribution in [2.45, 2.75) is 90.2 Å². The van der Waals surface area contributed by atoms with Gasteiger partial charge in [-0.25, -0.2) is 14.2 Å². The molecule has 278 valence electrons. The molecule has 7 rings (SSSR count). The van der Waals surface area contributed by atoms with Gasteiger partial charge >= 0.3 is 6.09 Å². The van der Waals surface area contributed by atoms with E-state index in [1.54, 1.807) is 20.8 Å². The fourth-order valence-corrected chi connectivity index (χ4v) is 7.47. The minimum atomic E-state index is -1.15. The first-order valence-corrected chi connectivity index (χ1v) is 18.3. The van der Waals surface area contributed by atoms with E-state index in [2.05, 4.69) is 39.6 Å². The second kappa shape index (κ2) is 14.2. The molecule has 0 saturated heterocycles. The van der Waals surface area contributed by atoms with Gasteiger partial charge in [0, 0.05) is 30.5 Å². The molecule has 2 aliphatic carbocycles. The zero-order valence-electron chi connectivity index (χ0n) is 30.5. The van der Waals surface area contributed by atoms with Gasteiger partial charge in [-0.3, -0.25) is 29.5 Å². The average Bonchev–Trinajstić information content (AvgIpc) is 3.77. The molecule has 2 aromatic heterocycles. The van der Waals surface area contributed by atoms with Crippen LogP contribution in [0.25, 0.3) is 33.1 Å². The van der Waals surface area contributed by atoms with Crippen LogP contribution in [0.15, 0.2) is 53.3 Å². The number of aryl methyl sites for hydroxylation is 1. The lowest BCUT2D eigenvalue weighted by molar-refractivity contribution is -0.127. The number of fused-ring (bicyclic) bond motifs is 2. The summed E-state index contributed by atoms with van der Waals surface area (Å²) in [4.78, 5) is 61.8. The number of anilines is 1. The maximum absolute atomic E-state index is 15.4. The Morgan fingerprint density at radius 1 is 1.00 bits per heavy atom. The van der Waals surface area contributed by atoms with Crippen LogP contribution >= 0.6 is 0 Å². The third-order valence-electron chi connectivity index (χ3n) is 10.4. The van der Waals surface area contributed by atoms with E-state index in [0.29, 0.717) is 38.1 Å². The molecule has 5 aromatic rings. The number of ether oxygens (including phenoxy) is 1. The molecule has 6 N–H and O–H groups in total. The number of amides is 3. The molecule has 12 nitrogen and oxygen atoms in total. The molecule has 0 spiro atoms. The number of carbonyl (C=O) groups is 3. The van der Waals surface area contributed by atoms with E-state index < -0.39 is 40.9 Å². The first kappa shape index (κ1) is 35.9. The van der Waals surface area contributed by atoms with Crippen LogP contribution in [0.1, 0.15) is 82.2 Å². The number of nitrogens with one attached hydrogen (secondary N) is 4. The number of alkyl carbamates (subject to hydrolysis) is 1. The quantitative estimate of drug-likeness (QED) is 0.110. The lowest BCUT2D eigenvalue weighted by Gasteiger charge is -2.36. The summed E-state index contributed by atoms with van der Waals surface area (Å²) in [6.07, 6.45) is 4.24. The van der Waals surface area contributed by atoms with Gasteiger partial charge in [-0.2, -0.15) is 0 Å². The summed E-state index contributed by atoms with van der Waals surface area (Å²) >= 11 is 0. The number of hydrogen-bond donors (Lipinski definition) is 5. The van der Waals surface area contributed by atoms with E-state index in [1.165, 1.54) is 11.0 Å². The molecule has 53 heavy (non-hydrogen) atoms. The zero-order chi connectivity index (χ0) is 37.6. The first-order valence-electron chi connectivity index (χ1n) is 18.3. The summed E-state index contributed by atoms with van der Waals surface area (Å²) in [5.41, 5.74) is 10.9. The van der Waals surface area contributed by atoms with Crippen LogP contribution in [-0.2, 0) is 20.7 Å². The number of halogens is 1. The molecule has 13 heteroatoms. The number of aromatic nitrogens is 4. The van der Waals surface area contributed by atoms with E-state index in [0.717, 1.165) is 58.0 Å². The fraction of sp³-hybridized carbons (Fsp3) is 0.425. The third-order valence-corrected chi connectivity index (χ3v) is 10.4. The first-order chi connectivity index (χ1) is 25.2. The standard InChI is InChI=1S/C40H46FN7O5/c1-21-15-30-31(45-36(44-30)25-13-14-25)19-28(21)24-9-5-22(6-10-24)16-33(35(42)49)48(27-17-29(41)34-32(18-27)46-47-37(34)50)38(51)26-11-7-23(8-12-26)20-43-39(52)53-40(2,3)4/h5-6,9-10,15,17-19,23,25-26,33H,7-8,11-14,16,20H2,1-4H3,(H2,42,49)(H,43,52)(H,44,45)(H2,46,47,50)/t23?,26?,33-/m0/s1. The Kier molecular flexibility index (Phi) is 9.60. The fourth-order valence-electron chi connectivity index (χ4n) is 7.47. The highest BCUT2D eigenvalue weighted by Gasteiger charge is 2.37. The van der Waals surface area contributed by atoms with E-state index in [4.69, 9.17) is 15.5 Å². The minimum Gasteiger partial charge on any atom is -0.444 e. The van der Waals surface area contributed by atoms with Gasteiger partial charge in [-0.15, -0.1) is 0 Å². The molecule has 0 radical (unpaired) electrons. The van der Waals surface area contributed by atoms with Crippen LogP contribution in [0.5, 0.6) is 0 Å². The molecule has 2 heterocycles. The molecule has 0 bridgehead atoms. The van der Waals surface area contributed by atoms with Crippen molar-refractivity contribution in [1.29, 1.82) is 0 Å². The van der Waals surface area contributed by atoms with Crippen LogP contribution in [0.3, 0.4) is 0 Å². The Morgan fingerprint density at radius 2 is 1.72 bits per heavy atom. The number of nitrogens with zero attached hydrogens (tertiary/aromatic N) is 2. The average molecular weight is 724 g/mol. The van der Waals surface area contributed by atoms with Gasteiger partial charge in [-0.05, 0) is 119 Å². The van der Waals surface area contributed by atoms with Crippen molar-refractivity contribution >= 4 is 45.5 Å². The molecule has 2 fully saturated rings. The Bertz CT molecular complexity index is 2240. The highest BCUT2D eigenvalue weighted by atomic mass is 19.1. The lowest BCUT2D eigenvalue weighted by Crippen LogP contribution is -2.52. The van der Waals surface area contributed by atoms with Crippen LogP contribution < -0.4 is 21.5 Å². The van der Waals surface area contributed by atoms with Crippen LogP contribution in [-0.4, -0.2) is 56.3 Å². The lowest BCUT2D eigenvalue weighted by atomic mass is 9.81. The van der Waals surface area contributed by atoms with Crippen molar-refractivity contribution in [3.05, 3.63) is 81.7 Å². The Morgan fingerprint density at radius 3 is 2.38 bits per heavy atom. The number of imidazole rings is 1. The number of hydrogen-bond acceptors (Lipinski definition) is 6. The third kappa shape index (κ3) is 7.84. The van der Waals surface area contributed by atoms with Gasteiger partial charge < -0.3 is 20.8 Å². The van der Waals surface area contributed by atoms with Gasteiger partial charge in [-0.1, -0.05) is 24.3 Å². The molecule has 0 aliphatic heterocycles. The highest BCUT2D eigenvalue weighted by molar-refractivity contribution is 6.03. The normalized spacial score (nSPS) is 18.2. The number of rotatable bonds is 10. The van der Waals surface area contributed by atoms with Crippen LogP contribution in [0.2, 0.25) is 0 Å². The highest BCUT2D eigenvalue weighted by Crippen LogP contribution is 2.40. The van der Waals surface area contributed by atoms with Crippen molar-refractivity contribution in [2.75, 3.05) is 11.4 Å². The largest absolute Gasteiger partial charge is 0.444 e. The van der Waals surface area contributed by atoms with Gasteiger partial charge in [0.25, 0.3) is 5.56 Å². The topological polar surface area (TPSA) is 179 Å². The molecule has 0 unspecified atom stereocenters. The van der Waals surface area contributed by atoms with Gasteiger partial charge in [0.15, 0.2) is 0 Å². The summed E-state index contributed by atoms with van der Waals surface area (Å²) < 4.78 is 20.8. The predicted molar refractivity (Wildman–Crippen MR) is 201 cm³/mol. The number of aromatic amines is 3. The molecule has 3 aromatic carbocycles. The van der Waals surface area contributed by atoms with E-state index in [-0.39, 0.29) is 34.8 Å². The Balaban J connectivity index is 1.13. The number of H-pyrrole nitrogens is 3. The minimum absolute atomic E-state index is 0.0853. The molecule has 1 atom stereocenters. The summed E-state index contributed by atoms with van der Waals surface area (Å²) in [7, 11) is 0. The van der Waals surface area contributed by atoms with Crippen molar-refractivity contribution in [3.63, 3.8) is 0 Å². The maximum atomic E-state index is 15.4. The Hall–Kier alpha value is -5.46. The van der Waals surface area contributed by atoms with Crippen molar-refractivity contribution in [1.82, 2.24) is 25.5 Å². The number of nitrogens with two attached hydrogens (primary N) is 1. The molecule has 2 aliphatic rings. The van der Waals surface area contributed by atoms with Gasteiger partial charge in [0.05, 0.1) is 16.6 Å². The van der Waals surface area contributed by atoms with Crippen LogP contribution in [0, 0.1) is 24.6 Å². The smallest absolute Gasteiger partial charge is 0.407 e. The molecular weight excluding hydrogens is 677 g/mol. The predicted octanol–water partition coefficient (Wildman–Crippen LogP) is 6.49. The second-order valence-electron chi connectivity index (χ2n) is 15.6. The molecular formula is C40H46FN7O5. The second-order valence-corrected chi connectivity index (χ2v) is 15.6. The molecule has 3 amide bonds. The van der Waals surface area contributed by atoms with Gasteiger partial charge in [0.2, 0.25) is 11.8 Å².